The first kappa shape index (κ1) is 20.8. The van der Waals surface area contributed by atoms with Crippen LogP contribution in [-0.4, -0.2) is 43.6 Å². The molecule has 1 aromatic carbocycles. The van der Waals surface area contributed by atoms with Gasteiger partial charge in [0.2, 0.25) is 10.0 Å². The van der Waals surface area contributed by atoms with Crippen molar-refractivity contribution < 1.29 is 13.2 Å². The first-order chi connectivity index (χ1) is 14.0. The molecule has 29 heavy (non-hydrogen) atoms. The predicted octanol–water partition coefficient (Wildman–Crippen LogP) is 3.86. The number of aryl methyl sites for hydroxylation is 1. The maximum atomic E-state index is 12.8. The lowest BCUT2D eigenvalue weighted by atomic mass is 9.85. The van der Waals surface area contributed by atoms with Gasteiger partial charge in [-0.2, -0.15) is 4.31 Å². The summed E-state index contributed by atoms with van der Waals surface area (Å²) >= 11 is 1.66. The molecule has 2 atom stereocenters. The summed E-state index contributed by atoms with van der Waals surface area (Å²) in [6, 6.07) is 7.43. The fourth-order valence-corrected chi connectivity index (χ4v) is 6.65. The molecule has 1 saturated heterocycles. The van der Waals surface area contributed by atoms with E-state index in [9.17, 15) is 8.42 Å². The summed E-state index contributed by atoms with van der Waals surface area (Å²) in [6.45, 7) is 6.19. The van der Waals surface area contributed by atoms with Gasteiger partial charge in [-0.1, -0.05) is 19.8 Å². The molecular weight excluding hydrogens is 406 g/mol. The van der Waals surface area contributed by atoms with E-state index in [2.05, 4.69) is 23.8 Å². The summed E-state index contributed by atoms with van der Waals surface area (Å²) in [5.74, 6) is 0.650. The van der Waals surface area contributed by atoms with Gasteiger partial charge in [-0.25, -0.2) is 13.4 Å². The maximum Gasteiger partial charge on any atom is 0.243 e. The Morgan fingerprint density at radius 2 is 1.79 bits per heavy atom. The molecule has 0 radical (unpaired) electrons. The van der Waals surface area contributed by atoms with Crippen LogP contribution in [0.25, 0.3) is 0 Å². The number of sulfonamides is 1. The molecule has 1 saturated carbocycles. The Morgan fingerprint density at radius 3 is 2.48 bits per heavy atom. The first-order valence-corrected chi connectivity index (χ1v) is 12.7. The average Bonchev–Trinajstić information content (AvgIpc) is 3.09. The van der Waals surface area contributed by atoms with Crippen molar-refractivity contribution in [2.45, 2.75) is 50.5 Å². The summed E-state index contributed by atoms with van der Waals surface area (Å²) in [7, 11) is -3.47. The molecular formula is C21H29N3O3S2. The molecule has 158 valence electrons. The molecule has 2 heterocycles. The third-order valence-electron chi connectivity index (χ3n) is 5.99. The number of rotatable bonds is 4. The molecule has 1 aliphatic heterocycles. The number of hydrogen-bond donors (Lipinski definition) is 0. The van der Waals surface area contributed by atoms with Gasteiger partial charge < -0.3 is 9.30 Å². The van der Waals surface area contributed by atoms with Gasteiger partial charge in [-0.05, 0) is 49.9 Å². The van der Waals surface area contributed by atoms with Crippen LogP contribution in [0.2, 0.25) is 0 Å². The second-order valence-corrected chi connectivity index (χ2v) is 10.8. The molecule has 2 fully saturated rings. The molecule has 0 N–H and O–H groups in total. The third kappa shape index (κ3) is 4.35. The number of nitrogens with zero attached hydrogens (tertiary/aromatic N) is 3. The van der Waals surface area contributed by atoms with Crippen LogP contribution in [0.15, 0.2) is 39.5 Å². The second kappa shape index (κ2) is 8.71. The van der Waals surface area contributed by atoms with E-state index in [1.165, 1.54) is 35.7 Å². The van der Waals surface area contributed by atoms with Crippen molar-refractivity contribution >= 4 is 27.0 Å². The number of hydrogen-bond acceptors (Lipinski definition) is 5. The largest absolute Gasteiger partial charge is 0.379 e. The molecule has 0 bridgehead atoms. The molecule has 0 amide bonds. The van der Waals surface area contributed by atoms with Crippen molar-refractivity contribution in [1.82, 2.24) is 8.87 Å². The van der Waals surface area contributed by atoms with E-state index in [1.54, 1.807) is 35.6 Å². The number of morpholine rings is 1. The zero-order valence-electron chi connectivity index (χ0n) is 17.1. The van der Waals surface area contributed by atoms with Crippen LogP contribution in [0.1, 0.15) is 44.3 Å². The van der Waals surface area contributed by atoms with Crippen LogP contribution in [0.4, 0.5) is 5.69 Å². The highest BCUT2D eigenvalue weighted by Gasteiger charge is 2.26. The van der Waals surface area contributed by atoms with Crippen LogP contribution in [0.3, 0.4) is 0 Å². The number of benzene rings is 1. The van der Waals surface area contributed by atoms with Crippen molar-refractivity contribution in [3.8, 4) is 0 Å². The Hall–Kier alpha value is -1.48. The lowest BCUT2D eigenvalue weighted by molar-refractivity contribution is 0.0730. The SMILES string of the molecule is Cc1csc(=Nc2ccc(S(=O)(=O)N3CCOCC3)cc2)n1C1CCCCC1C. The van der Waals surface area contributed by atoms with Crippen LogP contribution in [-0.2, 0) is 14.8 Å². The molecule has 0 spiro atoms. The quantitative estimate of drug-likeness (QED) is 0.732. The molecule has 4 rings (SSSR count). The summed E-state index contributed by atoms with van der Waals surface area (Å²) in [6.07, 6.45) is 5.04. The first-order valence-electron chi connectivity index (χ1n) is 10.4. The van der Waals surface area contributed by atoms with E-state index < -0.39 is 10.0 Å². The lowest BCUT2D eigenvalue weighted by Gasteiger charge is -2.30. The molecule has 8 heteroatoms. The van der Waals surface area contributed by atoms with Crippen LogP contribution in [0, 0.1) is 12.8 Å². The predicted molar refractivity (Wildman–Crippen MR) is 115 cm³/mol. The van der Waals surface area contributed by atoms with Gasteiger partial charge in [-0.15, -0.1) is 11.3 Å². The minimum absolute atomic E-state index is 0.314. The van der Waals surface area contributed by atoms with Crippen molar-refractivity contribution in [2.75, 3.05) is 26.3 Å². The van der Waals surface area contributed by atoms with E-state index >= 15 is 0 Å². The molecule has 1 aromatic heterocycles. The van der Waals surface area contributed by atoms with E-state index in [-0.39, 0.29) is 0 Å². The normalized spacial score (nSPS) is 24.7. The topological polar surface area (TPSA) is 63.9 Å². The molecule has 1 aliphatic carbocycles. The fourth-order valence-electron chi connectivity index (χ4n) is 4.31. The van der Waals surface area contributed by atoms with Gasteiger partial charge in [0, 0.05) is 30.2 Å². The number of thiazole rings is 1. The van der Waals surface area contributed by atoms with Gasteiger partial charge in [-0.3, -0.25) is 0 Å². The Labute approximate surface area is 176 Å². The zero-order valence-corrected chi connectivity index (χ0v) is 18.7. The van der Waals surface area contributed by atoms with E-state index in [4.69, 9.17) is 9.73 Å². The Morgan fingerprint density at radius 1 is 1.10 bits per heavy atom. The summed E-state index contributed by atoms with van der Waals surface area (Å²) in [5, 5.41) is 2.16. The van der Waals surface area contributed by atoms with Crippen molar-refractivity contribution in [1.29, 1.82) is 0 Å². The minimum Gasteiger partial charge on any atom is -0.379 e. The standard InChI is InChI=1S/C21H29N3O3S2/c1-16-5-3-4-6-20(16)24-17(2)15-28-21(24)22-18-7-9-19(10-8-18)29(25,26)23-11-13-27-14-12-23/h7-10,15-16,20H,3-6,11-14H2,1-2H3. The van der Waals surface area contributed by atoms with Gasteiger partial charge in [0.15, 0.2) is 4.80 Å². The van der Waals surface area contributed by atoms with Crippen LogP contribution >= 0.6 is 11.3 Å². The molecule has 2 aliphatic rings. The van der Waals surface area contributed by atoms with Gasteiger partial charge in [0.25, 0.3) is 0 Å². The number of aromatic nitrogens is 1. The molecule has 2 aromatic rings. The van der Waals surface area contributed by atoms with E-state index in [0.717, 1.165) is 10.5 Å². The fraction of sp³-hybridized carbons (Fsp3) is 0.571. The van der Waals surface area contributed by atoms with Gasteiger partial charge >= 0.3 is 0 Å². The summed E-state index contributed by atoms with van der Waals surface area (Å²) in [5.41, 5.74) is 2.03. The monoisotopic (exact) mass is 435 g/mol. The van der Waals surface area contributed by atoms with Gasteiger partial charge in [0.05, 0.1) is 23.8 Å². The van der Waals surface area contributed by atoms with Crippen molar-refractivity contribution in [3.63, 3.8) is 0 Å². The zero-order chi connectivity index (χ0) is 20.4. The highest BCUT2D eigenvalue weighted by Crippen LogP contribution is 2.34. The van der Waals surface area contributed by atoms with Crippen molar-refractivity contribution in [3.05, 3.63) is 40.1 Å². The Kier molecular flexibility index (Phi) is 6.24. The minimum atomic E-state index is -3.47. The highest BCUT2D eigenvalue weighted by molar-refractivity contribution is 7.89. The maximum absolute atomic E-state index is 12.8. The summed E-state index contributed by atoms with van der Waals surface area (Å²) < 4.78 is 34.7. The third-order valence-corrected chi connectivity index (χ3v) is 8.86. The number of ether oxygens (including phenoxy) is 1. The van der Waals surface area contributed by atoms with Gasteiger partial charge in [0.1, 0.15) is 0 Å². The summed E-state index contributed by atoms with van der Waals surface area (Å²) in [4.78, 5) is 6.17. The smallest absolute Gasteiger partial charge is 0.243 e. The highest BCUT2D eigenvalue weighted by atomic mass is 32.2. The van der Waals surface area contributed by atoms with Crippen molar-refractivity contribution in [2.24, 2.45) is 10.9 Å². The van der Waals surface area contributed by atoms with E-state index in [0.29, 0.717) is 43.2 Å². The Balaban J connectivity index is 1.61. The van der Waals surface area contributed by atoms with E-state index in [1.807, 2.05) is 0 Å². The molecule has 2 unspecified atom stereocenters. The second-order valence-electron chi connectivity index (χ2n) is 7.98. The molecule has 6 nitrogen and oxygen atoms in total. The Bertz CT molecular complexity index is 1000. The average molecular weight is 436 g/mol. The van der Waals surface area contributed by atoms with Crippen LogP contribution < -0.4 is 4.80 Å². The van der Waals surface area contributed by atoms with Crippen LogP contribution in [0.5, 0.6) is 0 Å². The lowest BCUT2D eigenvalue weighted by Crippen LogP contribution is -2.40.